The smallest absolute Gasteiger partial charge is 0.280 e. The molecule has 0 spiro atoms. The summed E-state index contributed by atoms with van der Waals surface area (Å²) in [5.74, 6) is 0.357. The molecule has 0 amide bonds. The van der Waals surface area contributed by atoms with Gasteiger partial charge in [-0.2, -0.15) is 0 Å². The number of hydrogen-bond donors (Lipinski definition) is 1. The van der Waals surface area contributed by atoms with Crippen molar-refractivity contribution in [1.82, 2.24) is 9.78 Å². The van der Waals surface area contributed by atoms with Crippen molar-refractivity contribution >= 4 is 11.4 Å². The first-order valence-electron chi connectivity index (χ1n) is 10.4. The van der Waals surface area contributed by atoms with E-state index in [2.05, 4.69) is 12.0 Å². The molecule has 0 bridgehead atoms. The van der Waals surface area contributed by atoms with E-state index in [0.29, 0.717) is 22.7 Å². The summed E-state index contributed by atoms with van der Waals surface area (Å²) >= 11 is 0. The SMILES string of the molecule is CCc1ccccc1N=C(C)c1c(-c2ccc(OC)cc2)[nH]n(-c2ccc(F)cc2)c1=O. The van der Waals surface area contributed by atoms with E-state index in [0.717, 1.165) is 29.0 Å². The van der Waals surface area contributed by atoms with Crippen LogP contribution in [0.5, 0.6) is 5.75 Å². The van der Waals surface area contributed by atoms with E-state index >= 15 is 0 Å². The van der Waals surface area contributed by atoms with Crippen LogP contribution in [0.3, 0.4) is 0 Å². The predicted molar refractivity (Wildman–Crippen MR) is 126 cm³/mol. The lowest BCUT2D eigenvalue weighted by Gasteiger charge is -2.06. The van der Waals surface area contributed by atoms with Crippen molar-refractivity contribution < 1.29 is 9.13 Å². The molecule has 0 aliphatic rings. The molecule has 1 aromatic heterocycles. The molecule has 5 nitrogen and oxygen atoms in total. The number of aliphatic imine (C=N–C) groups is 1. The maximum absolute atomic E-state index is 13.5. The number of methoxy groups -OCH3 is 1. The van der Waals surface area contributed by atoms with Gasteiger partial charge < -0.3 is 4.74 Å². The number of ether oxygens (including phenoxy) is 1. The normalized spacial score (nSPS) is 11.6. The van der Waals surface area contributed by atoms with Gasteiger partial charge in [0.05, 0.1) is 35.5 Å². The third-order valence-corrected chi connectivity index (χ3v) is 5.38. The van der Waals surface area contributed by atoms with Crippen molar-refractivity contribution in [3.8, 4) is 22.7 Å². The van der Waals surface area contributed by atoms with Gasteiger partial charge in [-0.05, 0) is 73.5 Å². The maximum Gasteiger partial charge on any atom is 0.280 e. The molecule has 0 aliphatic heterocycles. The van der Waals surface area contributed by atoms with Gasteiger partial charge in [0.2, 0.25) is 0 Å². The van der Waals surface area contributed by atoms with Gasteiger partial charge in [-0.3, -0.25) is 14.9 Å². The van der Waals surface area contributed by atoms with Gasteiger partial charge in [0.25, 0.3) is 5.56 Å². The highest BCUT2D eigenvalue weighted by Gasteiger charge is 2.20. The molecule has 1 N–H and O–H groups in total. The quantitative estimate of drug-likeness (QED) is 0.401. The Kier molecular flexibility index (Phi) is 6.03. The highest BCUT2D eigenvalue weighted by atomic mass is 19.1. The first-order chi connectivity index (χ1) is 15.5. The average Bonchev–Trinajstić information content (AvgIpc) is 3.17. The van der Waals surface area contributed by atoms with E-state index in [1.807, 2.05) is 55.5 Å². The Bertz CT molecular complexity index is 1320. The van der Waals surface area contributed by atoms with Crippen LogP contribution in [0.2, 0.25) is 0 Å². The van der Waals surface area contributed by atoms with Crippen LogP contribution in [0, 0.1) is 5.82 Å². The summed E-state index contributed by atoms with van der Waals surface area (Å²) < 4.78 is 20.1. The Hall–Kier alpha value is -3.93. The Labute approximate surface area is 185 Å². The molecule has 0 aliphatic carbocycles. The third-order valence-electron chi connectivity index (χ3n) is 5.38. The molecular formula is C26H24FN3O2. The lowest BCUT2D eigenvalue weighted by Crippen LogP contribution is -2.19. The summed E-state index contributed by atoms with van der Waals surface area (Å²) in [7, 11) is 1.61. The molecule has 6 heteroatoms. The van der Waals surface area contributed by atoms with Crippen LogP contribution in [0.4, 0.5) is 10.1 Å². The third kappa shape index (κ3) is 4.12. The highest BCUT2D eigenvalue weighted by molar-refractivity contribution is 6.05. The predicted octanol–water partition coefficient (Wildman–Crippen LogP) is 5.68. The molecule has 0 unspecified atom stereocenters. The minimum Gasteiger partial charge on any atom is -0.497 e. The number of para-hydroxylation sites is 1. The topological polar surface area (TPSA) is 59.4 Å². The summed E-state index contributed by atoms with van der Waals surface area (Å²) in [6.45, 7) is 3.91. The molecule has 0 saturated carbocycles. The van der Waals surface area contributed by atoms with Gasteiger partial charge in [0, 0.05) is 5.56 Å². The van der Waals surface area contributed by atoms with E-state index in [-0.39, 0.29) is 11.4 Å². The van der Waals surface area contributed by atoms with Gasteiger partial charge in [0.15, 0.2) is 0 Å². The second kappa shape index (κ2) is 9.06. The zero-order valence-electron chi connectivity index (χ0n) is 18.2. The molecule has 4 rings (SSSR count). The zero-order valence-corrected chi connectivity index (χ0v) is 18.2. The van der Waals surface area contributed by atoms with Gasteiger partial charge in [-0.1, -0.05) is 25.1 Å². The highest BCUT2D eigenvalue weighted by Crippen LogP contribution is 2.26. The summed E-state index contributed by atoms with van der Waals surface area (Å²) in [6, 6.07) is 21.1. The van der Waals surface area contributed by atoms with Crippen molar-refractivity contribution in [3.63, 3.8) is 0 Å². The first-order valence-corrected chi connectivity index (χ1v) is 10.4. The Morgan fingerprint density at radius 2 is 1.72 bits per heavy atom. The fourth-order valence-corrected chi connectivity index (χ4v) is 3.67. The van der Waals surface area contributed by atoms with Gasteiger partial charge in [-0.25, -0.2) is 9.07 Å². The molecule has 1 heterocycles. The van der Waals surface area contributed by atoms with Crippen molar-refractivity contribution in [2.24, 2.45) is 4.99 Å². The molecule has 162 valence electrons. The standard InChI is InChI=1S/C26H24FN3O2/c1-4-18-7-5-6-8-23(18)28-17(2)24-25(19-9-15-22(32-3)16-10-19)29-30(26(24)31)21-13-11-20(27)12-14-21/h5-16,29H,4H2,1-3H3. The second-order valence-electron chi connectivity index (χ2n) is 7.39. The van der Waals surface area contributed by atoms with Crippen molar-refractivity contribution in [2.75, 3.05) is 7.11 Å². The van der Waals surface area contributed by atoms with E-state index in [4.69, 9.17) is 9.73 Å². The van der Waals surface area contributed by atoms with Crippen LogP contribution in [0.15, 0.2) is 82.6 Å². The average molecular weight is 429 g/mol. The minimum atomic E-state index is -0.363. The van der Waals surface area contributed by atoms with Crippen LogP contribution in [0.1, 0.15) is 25.0 Å². The summed E-state index contributed by atoms with van der Waals surface area (Å²) in [6.07, 6.45) is 0.839. The van der Waals surface area contributed by atoms with E-state index < -0.39 is 0 Å². The number of aryl methyl sites for hydroxylation is 1. The number of benzene rings is 3. The number of aromatic amines is 1. The Morgan fingerprint density at radius 1 is 1.03 bits per heavy atom. The first kappa shape index (κ1) is 21.3. The van der Waals surface area contributed by atoms with Crippen molar-refractivity contribution in [3.05, 3.63) is 100 Å². The van der Waals surface area contributed by atoms with E-state index in [1.54, 1.807) is 19.2 Å². The molecule has 3 aromatic carbocycles. The number of H-pyrrole nitrogens is 1. The molecule has 32 heavy (non-hydrogen) atoms. The van der Waals surface area contributed by atoms with Gasteiger partial charge in [0.1, 0.15) is 11.6 Å². The minimum absolute atomic E-state index is 0.252. The number of aromatic nitrogens is 2. The van der Waals surface area contributed by atoms with Crippen LogP contribution in [-0.2, 0) is 6.42 Å². The van der Waals surface area contributed by atoms with Crippen LogP contribution < -0.4 is 10.3 Å². The molecule has 0 fully saturated rings. The second-order valence-corrected chi connectivity index (χ2v) is 7.39. The van der Waals surface area contributed by atoms with Gasteiger partial charge in [-0.15, -0.1) is 0 Å². The Balaban J connectivity index is 1.91. The number of nitrogens with one attached hydrogen (secondary N) is 1. The van der Waals surface area contributed by atoms with Crippen LogP contribution in [-0.4, -0.2) is 22.6 Å². The number of nitrogens with zero attached hydrogens (tertiary/aromatic N) is 2. The molecule has 4 aromatic rings. The fourth-order valence-electron chi connectivity index (χ4n) is 3.67. The fraction of sp³-hybridized carbons (Fsp3) is 0.154. The number of rotatable bonds is 6. The molecule has 0 radical (unpaired) electrons. The van der Waals surface area contributed by atoms with Crippen molar-refractivity contribution in [2.45, 2.75) is 20.3 Å². The lowest BCUT2D eigenvalue weighted by molar-refractivity contribution is 0.415. The van der Waals surface area contributed by atoms with Crippen LogP contribution in [0.25, 0.3) is 16.9 Å². The van der Waals surface area contributed by atoms with E-state index in [1.165, 1.54) is 16.8 Å². The van der Waals surface area contributed by atoms with Gasteiger partial charge >= 0.3 is 0 Å². The monoisotopic (exact) mass is 429 g/mol. The molecule has 0 atom stereocenters. The summed E-state index contributed by atoms with van der Waals surface area (Å²) in [5.41, 5.74) is 4.74. The largest absolute Gasteiger partial charge is 0.497 e. The van der Waals surface area contributed by atoms with Crippen LogP contribution >= 0.6 is 0 Å². The maximum atomic E-state index is 13.5. The van der Waals surface area contributed by atoms with E-state index in [9.17, 15) is 9.18 Å². The molecule has 0 saturated heterocycles. The lowest BCUT2D eigenvalue weighted by atomic mass is 10.0. The zero-order chi connectivity index (χ0) is 22.7. The number of hydrogen-bond acceptors (Lipinski definition) is 3. The molecular weight excluding hydrogens is 405 g/mol. The summed E-state index contributed by atoms with van der Waals surface area (Å²) in [5, 5.41) is 3.19. The van der Waals surface area contributed by atoms with Crippen molar-refractivity contribution in [1.29, 1.82) is 0 Å². The summed E-state index contributed by atoms with van der Waals surface area (Å²) in [4.78, 5) is 18.3. The number of halogens is 1. The Morgan fingerprint density at radius 3 is 2.38 bits per heavy atom.